The first-order valence-electron chi connectivity index (χ1n) is 6.60. The molecule has 3 rings (SSSR count). The Balaban J connectivity index is 2.13. The number of carbonyl (C=O) groups is 1. The van der Waals surface area contributed by atoms with Crippen LogP contribution in [-0.4, -0.2) is 17.6 Å². The van der Waals surface area contributed by atoms with Crippen LogP contribution in [0.4, 0.5) is 17.1 Å². The second kappa shape index (κ2) is 4.98. The molecule has 1 heterocycles. The maximum absolute atomic E-state index is 11.9. The van der Waals surface area contributed by atoms with Crippen LogP contribution in [-0.2, 0) is 4.79 Å². The molecule has 2 aromatic carbocycles. The lowest BCUT2D eigenvalue weighted by atomic mass is 10.1. The van der Waals surface area contributed by atoms with Gasteiger partial charge in [-0.05, 0) is 25.1 Å². The van der Waals surface area contributed by atoms with Gasteiger partial charge in [0.1, 0.15) is 6.54 Å². The maximum Gasteiger partial charge on any atom is 0.244 e. The van der Waals surface area contributed by atoms with Gasteiger partial charge in [0.2, 0.25) is 5.91 Å². The molecule has 2 N–H and O–H groups in total. The molecule has 0 bridgehead atoms. The number of amides is 1. The Bertz CT molecular complexity index is 652. The van der Waals surface area contributed by atoms with E-state index in [1.54, 1.807) is 6.92 Å². The van der Waals surface area contributed by atoms with E-state index < -0.39 is 6.10 Å². The third kappa shape index (κ3) is 2.14. The van der Waals surface area contributed by atoms with E-state index in [0.29, 0.717) is 0 Å². The molecule has 0 aliphatic carbocycles. The molecule has 0 fully saturated rings. The summed E-state index contributed by atoms with van der Waals surface area (Å²) < 4.78 is 0. The van der Waals surface area contributed by atoms with Gasteiger partial charge in [0, 0.05) is 11.3 Å². The summed E-state index contributed by atoms with van der Waals surface area (Å²) in [5, 5.41) is 12.8. The van der Waals surface area contributed by atoms with E-state index in [4.69, 9.17) is 0 Å². The Morgan fingerprint density at radius 1 is 1.10 bits per heavy atom. The number of para-hydroxylation sites is 3. The van der Waals surface area contributed by atoms with Crippen molar-refractivity contribution in [1.82, 2.24) is 0 Å². The van der Waals surface area contributed by atoms with E-state index in [2.05, 4.69) is 5.32 Å². The Morgan fingerprint density at radius 2 is 1.75 bits per heavy atom. The monoisotopic (exact) mass is 268 g/mol. The van der Waals surface area contributed by atoms with Crippen LogP contribution in [0.2, 0.25) is 0 Å². The minimum Gasteiger partial charge on any atom is -0.389 e. The molecule has 0 aromatic heterocycles. The molecule has 2 aromatic rings. The van der Waals surface area contributed by atoms with Crippen molar-refractivity contribution < 1.29 is 9.90 Å². The molecule has 1 unspecified atom stereocenters. The lowest BCUT2D eigenvalue weighted by Crippen LogP contribution is -2.35. The number of aliphatic hydroxyl groups is 1. The molecular weight excluding hydrogens is 252 g/mol. The Hall–Kier alpha value is -2.33. The second-order valence-corrected chi connectivity index (χ2v) is 4.89. The zero-order valence-corrected chi connectivity index (χ0v) is 11.2. The summed E-state index contributed by atoms with van der Waals surface area (Å²) in [6, 6.07) is 15.3. The molecule has 0 saturated carbocycles. The van der Waals surface area contributed by atoms with Gasteiger partial charge in [0.05, 0.1) is 17.5 Å². The third-order valence-electron chi connectivity index (χ3n) is 3.45. The van der Waals surface area contributed by atoms with Crippen molar-refractivity contribution in [3.05, 3.63) is 54.1 Å². The van der Waals surface area contributed by atoms with Gasteiger partial charge in [-0.15, -0.1) is 0 Å². The van der Waals surface area contributed by atoms with Gasteiger partial charge >= 0.3 is 0 Å². The lowest BCUT2D eigenvalue weighted by molar-refractivity contribution is -0.115. The number of fused-ring (bicyclic) bond motifs is 1. The summed E-state index contributed by atoms with van der Waals surface area (Å²) >= 11 is 0. The number of hydrogen-bond acceptors (Lipinski definition) is 3. The highest BCUT2D eigenvalue weighted by atomic mass is 16.3. The first-order chi connectivity index (χ1) is 9.66. The van der Waals surface area contributed by atoms with Crippen LogP contribution in [0.5, 0.6) is 0 Å². The van der Waals surface area contributed by atoms with Gasteiger partial charge in [-0.2, -0.15) is 0 Å². The van der Waals surface area contributed by atoms with Gasteiger partial charge in [-0.1, -0.05) is 30.3 Å². The number of aliphatic hydroxyl groups excluding tert-OH is 1. The summed E-state index contributed by atoms with van der Waals surface area (Å²) in [6.07, 6.45) is -0.580. The molecule has 0 saturated heterocycles. The Morgan fingerprint density at radius 3 is 2.50 bits per heavy atom. The maximum atomic E-state index is 11.9. The van der Waals surface area contributed by atoms with Crippen LogP contribution in [0, 0.1) is 0 Å². The molecule has 0 radical (unpaired) electrons. The van der Waals surface area contributed by atoms with Crippen LogP contribution in [0.25, 0.3) is 0 Å². The number of anilines is 3. The fourth-order valence-electron chi connectivity index (χ4n) is 2.53. The zero-order chi connectivity index (χ0) is 14.1. The van der Waals surface area contributed by atoms with Crippen molar-refractivity contribution in [2.45, 2.75) is 13.0 Å². The summed E-state index contributed by atoms with van der Waals surface area (Å²) in [5.41, 5.74) is 3.42. The minimum absolute atomic E-state index is 0.0518. The molecule has 1 aliphatic heterocycles. The Labute approximate surface area is 117 Å². The normalized spacial score (nSPS) is 15.5. The topological polar surface area (TPSA) is 52.6 Å². The number of nitrogens with one attached hydrogen (secondary N) is 1. The van der Waals surface area contributed by atoms with E-state index in [1.807, 2.05) is 53.4 Å². The number of rotatable bonds is 2. The average Bonchev–Trinajstić information content (AvgIpc) is 2.46. The number of nitrogens with zero attached hydrogens (tertiary/aromatic N) is 1. The fourth-order valence-corrected chi connectivity index (χ4v) is 2.53. The summed E-state index contributed by atoms with van der Waals surface area (Å²) in [7, 11) is 0. The smallest absolute Gasteiger partial charge is 0.244 e. The largest absolute Gasteiger partial charge is 0.389 e. The molecule has 1 aliphatic rings. The van der Waals surface area contributed by atoms with E-state index in [-0.39, 0.29) is 12.5 Å². The van der Waals surface area contributed by atoms with Crippen LogP contribution < -0.4 is 10.2 Å². The quantitative estimate of drug-likeness (QED) is 0.880. The molecule has 4 heteroatoms. The first-order valence-corrected chi connectivity index (χ1v) is 6.60. The number of hydrogen-bond donors (Lipinski definition) is 2. The molecule has 1 amide bonds. The van der Waals surface area contributed by atoms with Crippen molar-refractivity contribution in [1.29, 1.82) is 0 Å². The van der Waals surface area contributed by atoms with E-state index >= 15 is 0 Å². The van der Waals surface area contributed by atoms with Gasteiger partial charge in [0.25, 0.3) is 0 Å². The van der Waals surface area contributed by atoms with Gasteiger partial charge < -0.3 is 15.3 Å². The summed E-state index contributed by atoms with van der Waals surface area (Å²) in [5.74, 6) is -0.0518. The second-order valence-electron chi connectivity index (χ2n) is 4.89. The van der Waals surface area contributed by atoms with Gasteiger partial charge in [0.15, 0.2) is 0 Å². The highest BCUT2D eigenvalue weighted by Gasteiger charge is 2.24. The van der Waals surface area contributed by atoms with E-state index in [1.165, 1.54) is 0 Å². The van der Waals surface area contributed by atoms with Crippen LogP contribution >= 0.6 is 0 Å². The summed E-state index contributed by atoms with van der Waals surface area (Å²) in [6.45, 7) is 1.98. The van der Waals surface area contributed by atoms with E-state index in [0.717, 1.165) is 22.6 Å². The molecule has 20 heavy (non-hydrogen) atoms. The third-order valence-corrected chi connectivity index (χ3v) is 3.45. The van der Waals surface area contributed by atoms with Crippen LogP contribution in [0.1, 0.15) is 18.6 Å². The standard InChI is InChI=1S/C16H16N2O2/c1-11(19)12-6-2-4-8-14(12)18-10-16(20)17-13-7-3-5-9-15(13)18/h2-9,11,19H,10H2,1H3,(H,17,20). The number of benzene rings is 2. The molecule has 102 valence electrons. The van der Waals surface area contributed by atoms with Gasteiger partial charge in [-0.3, -0.25) is 4.79 Å². The van der Waals surface area contributed by atoms with Crippen molar-refractivity contribution in [3.8, 4) is 0 Å². The van der Waals surface area contributed by atoms with Crippen LogP contribution in [0.15, 0.2) is 48.5 Å². The highest BCUT2D eigenvalue weighted by Crippen LogP contribution is 2.37. The molecule has 4 nitrogen and oxygen atoms in total. The fraction of sp³-hybridized carbons (Fsp3) is 0.188. The van der Waals surface area contributed by atoms with Gasteiger partial charge in [-0.25, -0.2) is 0 Å². The van der Waals surface area contributed by atoms with Crippen molar-refractivity contribution >= 4 is 23.0 Å². The summed E-state index contributed by atoms with van der Waals surface area (Å²) in [4.78, 5) is 13.8. The highest BCUT2D eigenvalue weighted by molar-refractivity contribution is 6.03. The molecule has 0 spiro atoms. The first kappa shape index (κ1) is 12.7. The van der Waals surface area contributed by atoms with E-state index in [9.17, 15) is 9.90 Å². The average molecular weight is 268 g/mol. The predicted molar refractivity (Wildman–Crippen MR) is 79.2 cm³/mol. The predicted octanol–water partition coefficient (Wildman–Crippen LogP) is 2.83. The lowest BCUT2D eigenvalue weighted by Gasteiger charge is -2.32. The number of carbonyl (C=O) groups excluding carboxylic acids is 1. The Kier molecular flexibility index (Phi) is 3.16. The molecule has 1 atom stereocenters. The molecular formula is C16H16N2O2. The SMILES string of the molecule is CC(O)c1ccccc1N1CC(=O)Nc2ccccc21. The van der Waals surface area contributed by atoms with Crippen LogP contribution in [0.3, 0.4) is 0 Å². The zero-order valence-electron chi connectivity index (χ0n) is 11.2. The van der Waals surface area contributed by atoms with Crippen molar-refractivity contribution in [3.63, 3.8) is 0 Å². The minimum atomic E-state index is -0.580. The van der Waals surface area contributed by atoms with Crippen molar-refractivity contribution in [2.75, 3.05) is 16.8 Å². The van der Waals surface area contributed by atoms with Crippen molar-refractivity contribution in [2.24, 2.45) is 0 Å².